The number of halogens is 1. The second kappa shape index (κ2) is 6.17. The van der Waals surface area contributed by atoms with Crippen LogP contribution in [0.4, 0.5) is 5.69 Å². The topological polar surface area (TPSA) is 42.0 Å². The van der Waals surface area contributed by atoms with Crippen LogP contribution in [0.2, 0.25) is 0 Å². The Hall–Kier alpha value is -1.87. The number of nitrogens with one attached hydrogen (secondary N) is 1. The summed E-state index contributed by atoms with van der Waals surface area (Å²) < 4.78 is 0. The van der Waals surface area contributed by atoms with Crippen molar-refractivity contribution < 1.29 is 4.79 Å². The maximum atomic E-state index is 11.4. The Morgan fingerprint density at radius 3 is 2.56 bits per heavy atom. The molecular formula is C14H13ClN2O. The van der Waals surface area contributed by atoms with Crippen LogP contribution in [0.25, 0.3) is 11.1 Å². The van der Waals surface area contributed by atoms with E-state index >= 15 is 0 Å². The highest BCUT2D eigenvalue weighted by Crippen LogP contribution is 2.20. The van der Waals surface area contributed by atoms with Gasteiger partial charge in [0, 0.05) is 30.4 Å². The smallest absolute Gasteiger partial charge is 0.225 e. The fraction of sp³-hybridized carbons (Fsp3) is 0.143. The number of amides is 1. The molecule has 0 saturated heterocycles. The van der Waals surface area contributed by atoms with Gasteiger partial charge < -0.3 is 5.32 Å². The minimum absolute atomic E-state index is 0.0703. The maximum Gasteiger partial charge on any atom is 0.225 e. The van der Waals surface area contributed by atoms with Crippen molar-refractivity contribution in [3.8, 4) is 11.1 Å². The quantitative estimate of drug-likeness (QED) is 0.857. The standard InChI is InChI=1S/C14H13ClN2O/c15-8-7-14(18)17-13-5-3-11(4-6-13)12-2-1-9-16-10-12/h1-6,9-10H,7-8H2,(H,17,18). The number of hydrogen-bond acceptors (Lipinski definition) is 2. The van der Waals surface area contributed by atoms with Crippen molar-refractivity contribution in [3.05, 3.63) is 48.8 Å². The van der Waals surface area contributed by atoms with Crippen molar-refractivity contribution in [3.63, 3.8) is 0 Å². The molecule has 2 aromatic rings. The molecule has 0 bridgehead atoms. The zero-order valence-corrected chi connectivity index (χ0v) is 10.5. The molecule has 0 unspecified atom stereocenters. The van der Waals surface area contributed by atoms with Gasteiger partial charge in [-0.25, -0.2) is 0 Å². The molecule has 1 aromatic carbocycles. The third-order valence-corrected chi connectivity index (χ3v) is 2.67. The van der Waals surface area contributed by atoms with Gasteiger partial charge in [-0.1, -0.05) is 18.2 Å². The summed E-state index contributed by atoms with van der Waals surface area (Å²) in [5.41, 5.74) is 2.90. The zero-order valence-electron chi connectivity index (χ0n) is 9.77. The highest BCUT2D eigenvalue weighted by Gasteiger charge is 2.02. The summed E-state index contributed by atoms with van der Waals surface area (Å²) >= 11 is 5.50. The second-order valence-corrected chi connectivity index (χ2v) is 4.18. The molecule has 1 aromatic heterocycles. The second-order valence-electron chi connectivity index (χ2n) is 3.81. The molecule has 1 heterocycles. The molecule has 2 rings (SSSR count). The molecule has 1 amide bonds. The average Bonchev–Trinajstić information content (AvgIpc) is 2.41. The number of carbonyl (C=O) groups is 1. The minimum atomic E-state index is -0.0703. The molecule has 0 aliphatic rings. The molecule has 4 heteroatoms. The van der Waals surface area contributed by atoms with E-state index < -0.39 is 0 Å². The first kappa shape index (κ1) is 12.6. The number of benzene rings is 1. The number of anilines is 1. The van der Waals surface area contributed by atoms with Crippen molar-refractivity contribution in [2.24, 2.45) is 0 Å². The van der Waals surface area contributed by atoms with E-state index in [1.807, 2.05) is 36.4 Å². The molecule has 0 radical (unpaired) electrons. The Kier molecular flexibility index (Phi) is 4.31. The van der Waals surface area contributed by atoms with Crippen molar-refractivity contribution in [1.29, 1.82) is 0 Å². The summed E-state index contributed by atoms with van der Waals surface area (Å²) in [4.78, 5) is 15.4. The van der Waals surface area contributed by atoms with E-state index in [-0.39, 0.29) is 5.91 Å². The van der Waals surface area contributed by atoms with Crippen LogP contribution in [-0.4, -0.2) is 16.8 Å². The van der Waals surface area contributed by atoms with Gasteiger partial charge in [0.15, 0.2) is 0 Å². The van der Waals surface area contributed by atoms with Gasteiger partial charge in [-0.05, 0) is 29.3 Å². The van der Waals surface area contributed by atoms with E-state index in [2.05, 4.69) is 10.3 Å². The van der Waals surface area contributed by atoms with Gasteiger partial charge in [0.1, 0.15) is 0 Å². The summed E-state index contributed by atoms with van der Waals surface area (Å²) in [6.07, 6.45) is 3.87. The molecule has 18 heavy (non-hydrogen) atoms. The van der Waals surface area contributed by atoms with E-state index in [1.165, 1.54) is 0 Å². The molecule has 0 atom stereocenters. The number of nitrogens with zero attached hydrogens (tertiary/aromatic N) is 1. The van der Waals surface area contributed by atoms with Crippen LogP contribution in [0.15, 0.2) is 48.8 Å². The van der Waals surface area contributed by atoms with Crippen LogP contribution >= 0.6 is 11.6 Å². The molecule has 0 saturated carbocycles. The summed E-state index contributed by atoms with van der Waals surface area (Å²) in [6, 6.07) is 11.5. The predicted octanol–water partition coefficient (Wildman–Crippen LogP) is 3.32. The lowest BCUT2D eigenvalue weighted by atomic mass is 10.1. The van der Waals surface area contributed by atoms with Crippen molar-refractivity contribution in [1.82, 2.24) is 4.98 Å². The summed E-state index contributed by atoms with van der Waals surface area (Å²) in [5.74, 6) is 0.263. The van der Waals surface area contributed by atoms with Gasteiger partial charge in [-0.15, -0.1) is 11.6 Å². The first-order valence-electron chi connectivity index (χ1n) is 5.66. The fourth-order valence-electron chi connectivity index (χ4n) is 1.59. The Balaban J connectivity index is 2.09. The third kappa shape index (κ3) is 3.31. The molecule has 1 N–H and O–H groups in total. The van der Waals surface area contributed by atoms with Gasteiger partial charge in [0.05, 0.1) is 0 Å². The Morgan fingerprint density at radius 1 is 1.17 bits per heavy atom. The lowest BCUT2D eigenvalue weighted by molar-refractivity contribution is -0.115. The summed E-state index contributed by atoms with van der Waals surface area (Å²) in [7, 11) is 0. The van der Waals surface area contributed by atoms with E-state index in [0.29, 0.717) is 12.3 Å². The Bertz CT molecular complexity index is 511. The van der Waals surface area contributed by atoms with E-state index in [1.54, 1.807) is 12.4 Å². The Labute approximate surface area is 111 Å². The molecular weight excluding hydrogens is 248 g/mol. The monoisotopic (exact) mass is 260 g/mol. The lowest BCUT2D eigenvalue weighted by Gasteiger charge is -2.05. The summed E-state index contributed by atoms with van der Waals surface area (Å²) in [6.45, 7) is 0. The maximum absolute atomic E-state index is 11.4. The third-order valence-electron chi connectivity index (χ3n) is 2.49. The Morgan fingerprint density at radius 2 is 1.94 bits per heavy atom. The van der Waals surface area contributed by atoms with E-state index in [9.17, 15) is 4.79 Å². The molecule has 0 fully saturated rings. The summed E-state index contributed by atoms with van der Waals surface area (Å²) in [5, 5.41) is 2.78. The van der Waals surface area contributed by atoms with Gasteiger partial charge in [-0.2, -0.15) is 0 Å². The van der Waals surface area contributed by atoms with Crippen LogP contribution in [-0.2, 0) is 4.79 Å². The highest BCUT2D eigenvalue weighted by molar-refractivity contribution is 6.19. The van der Waals surface area contributed by atoms with Gasteiger partial charge in [-0.3, -0.25) is 9.78 Å². The van der Waals surface area contributed by atoms with Gasteiger partial charge in [0.25, 0.3) is 0 Å². The number of rotatable bonds is 4. The van der Waals surface area contributed by atoms with Crippen molar-refractivity contribution in [2.75, 3.05) is 11.2 Å². The first-order valence-corrected chi connectivity index (χ1v) is 6.19. The number of hydrogen-bond donors (Lipinski definition) is 1. The zero-order chi connectivity index (χ0) is 12.8. The first-order chi connectivity index (χ1) is 8.79. The van der Waals surface area contributed by atoms with Crippen LogP contribution in [0.5, 0.6) is 0 Å². The number of carbonyl (C=O) groups excluding carboxylic acids is 1. The predicted molar refractivity (Wildman–Crippen MR) is 73.6 cm³/mol. The lowest BCUT2D eigenvalue weighted by Crippen LogP contribution is -2.11. The minimum Gasteiger partial charge on any atom is -0.326 e. The number of pyridine rings is 1. The van der Waals surface area contributed by atoms with Crippen molar-refractivity contribution >= 4 is 23.2 Å². The van der Waals surface area contributed by atoms with E-state index in [0.717, 1.165) is 16.8 Å². The number of aromatic nitrogens is 1. The van der Waals surface area contributed by atoms with Crippen LogP contribution in [0.3, 0.4) is 0 Å². The van der Waals surface area contributed by atoms with Crippen LogP contribution in [0.1, 0.15) is 6.42 Å². The average molecular weight is 261 g/mol. The SMILES string of the molecule is O=C(CCCl)Nc1ccc(-c2cccnc2)cc1. The number of alkyl halides is 1. The van der Waals surface area contributed by atoms with Gasteiger partial charge in [0.2, 0.25) is 5.91 Å². The van der Waals surface area contributed by atoms with Crippen LogP contribution < -0.4 is 5.32 Å². The van der Waals surface area contributed by atoms with Gasteiger partial charge >= 0.3 is 0 Å². The largest absolute Gasteiger partial charge is 0.326 e. The normalized spacial score (nSPS) is 10.1. The highest BCUT2D eigenvalue weighted by atomic mass is 35.5. The molecule has 0 aliphatic heterocycles. The molecule has 0 spiro atoms. The van der Waals surface area contributed by atoms with Crippen LogP contribution in [0, 0.1) is 0 Å². The fourth-order valence-corrected chi connectivity index (χ4v) is 1.76. The molecule has 0 aliphatic carbocycles. The van der Waals surface area contributed by atoms with Crippen molar-refractivity contribution in [2.45, 2.75) is 6.42 Å². The molecule has 3 nitrogen and oxygen atoms in total. The van der Waals surface area contributed by atoms with E-state index in [4.69, 9.17) is 11.6 Å². The molecule has 92 valence electrons.